The summed E-state index contributed by atoms with van der Waals surface area (Å²) >= 11 is 0. The van der Waals surface area contributed by atoms with Crippen LogP contribution in [0.3, 0.4) is 0 Å². The predicted molar refractivity (Wildman–Crippen MR) is 72.2 cm³/mol. The fourth-order valence-corrected chi connectivity index (χ4v) is 1.41. The molecule has 0 heterocycles. The molecule has 1 rings (SSSR count). The van der Waals surface area contributed by atoms with Crippen molar-refractivity contribution in [2.24, 2.45) is 0 Å². The number of nitrogens with zero attached hydrogens (tertiary/aromatic N) is 1. The van der Waals surface area contributed by atoms with Gasteiger partial charge in [0.05, 0.1) is 18.2 Å². The van der Waals surface area contributed by atoms with Crippen molar-refractivity contribution in [2.75, 3.05) is 11.9 Å². The molecule has 0 aliphatic carbocycles. The van der Waals surface area contributed by atoms with Crippen LogP contribution in [0.1, 0.15) is 31.9 Å². The van der Waals surface area contributed by atoms with E-state index in [1.54, 1.807) is 6.92 Å². The first-order chi connectivity index (χ1) is 8.73. The quantitative estimate of drug-likeness (QED) is 0.879. The van der Waals surface area contributed by atoms with Crippen LogP contribution >= 0.6 is 0 Å². The number of anilines is 1. The van der Waals surface area contributed by atoms with Crippen molar-refractivity contribution in [2.45, 2.75) is 33.2 Å². The SMILES string of the molecule is Cc1c(F)cc(C#N)cc1NC(=O)CNC(C)(C)C. The van der Waals surface area contributed by atoms with Crippen molar-refractivity contribution in [3.8, 4) is 6.07 Å². The zero-order valence-corrected chi connectivity index (χ0v) is 11.6. The van der Waals surface area contributed by atoms with Crippen molar-refractivity contribution in [1.29, 1.82) is 5.26 Å². The molecule has 0 bridgehead atoms. The molecule has 0 aromatic heterocycles. The molecule has 0 aliphatic heterocycles. The Balaban J connectivity index is 2.80. The molecule has 1 amide bonds. The van der Waals surface area contributed by atoms with Crippen LogP contribution in [0.2, 0.25) is 0 Å². The zero-order chi connectivity index (χ0) is 14.6. The number of hydrogen-bond donors (Lipinski definition) is 2. The minimum atomic E-state index is -0.502. The Hall–Kier alpha value is -1.93. The van der Waals surface area contributed by atoms with Crippen LogP contribution in [0, 0.1) is 24.1 Å². The Morgan fingerprint density at radius 1 is 1.42 bits per heavy atom. The number of halogens is 1. The van der Waals surface area contributed by atoms with E-state index in [0.29, 0.717) is 11.3 Å². The largest absolute Gasteiger partial charge is 0.325 e. The van der Waals surface area contributed by atoms with Crippen LogP contribution in [0.4, 0.5) is 10.1 Å². The monoisotopic (exact) mass is 263 g/mol. The maximum absolute atomic E-state index is 13.5. The average Bonchev–Trinajstić information content (AvgIpc) is 2.31. The number of rotatable bonds is 3. The van der Waals surface area contributed by atoms with Gasteiger partial charge in [0.2, 0.25) is 5.91 Å². The van der Waals surface area contributed by atoms with Gasteiger partial charge in [-0.15, -0.1) is 0 Å². The number of carbonyl (C=O) groups excluding carboxylic acids is 1. The van der Waals surface area contributed by atoms with Gasteiger partial charge in [0.1, 0.15) is 5.82 Å². The van der Waals surface area contributed by atoms with Crippen LogP contribution in [0.15, 0.2) is 12.1 Å². The summed E-state index contributed by atoms with van der Waals surface area (Å²) in [5.41, 5.74) is 0.661. The van der Waals surface area contributed by atoms with E-state index in [2.05, 4.69) is 10.6 Å². The molecule has 0 unspecified atom stereocenters. The van der Waals surface area contributed by atoms with E-state index >= 15 is 0 Å². The Kier molecular flexibility index (Phi) is 4.62. The average molecular weight is 263 g/mol. The zero-order valence-electron chi connectivity index (χ0n) is 11.6. The lowest BCUT2D eigenvalue weighted by molar-refractivity contribution is -0.115. The first-order valence-electron chi connectivity index (χ1n) is 5.98. The molecule has 0 saturated carbocycles. The summed E-state index contributed by atoms with van der Waals surface area (Å²) in [5, 5.41) is 14.4. The molecule has 0 fully saturated rings. The summed E-state index contributed by atoms with van der Waals surface area (Å²) in [5.74, 6) is -0.773. The van der Waals surface area contributed by atoms with Gasteiger partial charge >= 0.3 is 0 Å². The number of nitrogens with one attached hydrogen (secondary N) is 2. The van der Waals surface area contributed by atoms with E-state index in [0.717, 1.165) is 6.07 Å². The summed E-state index contributed by atoms with van der Waals surface area (Å²) in [6.45, 7) is 7.52. The van der Waals surface area contributed by atoms with E-state index in [9.17, 15) is 9.18 Å². The molecule has 2 N–H and O–H groups in total. The van der Waals surface area contributed by atoms with E-state index < -0.39 is 5.82 Å². The van der Waals surface area contributed by atoms with E-state index in [1.165, 1.54) is 6.07 Å². The van der Waals surface area contributed by atoms with Crippen molar-refractivity contribution in [3.05, 3.63) is 29.1 Å². The standard InChI is InChI=1S/C14H18FN3O/c1-9-11(15)5-10(7-16)6-12(9)18-13(19)8-17-14(2,3)4/h5-6,17H,8H2,1-4H3,(H,18,19). The third kappa shape index (κ3) is 4.68. The third-order valence-electron chi connectivity index (χ3n) is 2.53. The summed E-state index contributed by atoms with van der Waals surface area (Å²) < 4.78 is 13.5. The van der Waals surface area contributed by atoms with Gasteiger partial charge < -0.3 is 10.6 Å². The van der Waals surface area contributed by atoms with Gasteiger partial charge in [-0.25, -0.2) is 4.39 Å². The number of benzene rings is 1. The van der Waals surface area contributed by atoms with Crippen molar-refractivity contribution in [3.63, 3.8) is 0 Å². The van der Waals surface area contributed by atoms with Gasteiger partial charge in [0, 0.05) is 16.8 Å². The minimum Gasteiger partial charge on any atom is -0.325 e. The van der Waals surface area contributed by atoms with Gasteiger partial charge in [0.15, 0.2) is 0 Å². The highest BCUT2D eigenvalue weighted by atomic mass is 19.1. The number of amides is 1. The highest BCUT2D eigenvalue weighted by Crippen LogP contribution is 2.20. The predicted octanol–water partition coefficient (Wildman–Crippen LogP) is 2.33. The van der Waals surface area contributed by atoms with Crippen molar-refractivity contribution >= 4 is 11.6 Å². The summed E-state index contributed by atoms with van der Waals surface area (Å²) in [4.78, 5) is 11.7. The number of nitriles is 1. The van der Waals surface area contributed by atoms with Crippen LogP contribution in [0.5, 0.6) is 0 Å². The van der Waals surface area contributed by atoms with Gasteiger partial charge in [-0.1, -0.05) is 0 Å². The molecule has 1 aromatic carbocycles. The molecule has 0 saturated heterocycles. The molecule has 1 aromatic rings. The smallest absolute Gasteiger partial charge is 0.238 e. The first kappa shape index (κ1) is 15.1. The second-order valence-corrected chi connectivity index (χ2v) is 5.39. The molecular formula is C14H18FN3O. The van der Waals surface area contributed by atoms with Crippen molar-refractivity contribution in [1.82, 2.24) is 5.32 Å². The van der Waals surface area contributed by atoms with Gasteiger partial charge in [-0.05, 0) is 39.8 Å². The maximum atomic E-state index is 13.5. The van der Waals surface area contributed by atoms with Crippen LogP contribution in [-0.4, -0.2) is 18.0 Å². The summed E-state index contributed by atoms with van der Waals surface area (Å²) in [6, 6.07) is 4.47. The lowest BCUT2D eigenvalue weighted by Gasteiger charge is -2.20. The third-order valence-corrected chi connectivity index (χ3v) is 2.53. The maximum Gasteiger partial charge on any atom is 0.238 e. The second kappa shape index (κ2) is 5.81. The number of hydrogen-bond acceptors (Lipinski definition) is 3. The summed E-state index contributed by atoms with van der Waals surface area (Å²) in [6.07, 6.45) is 0. The fourth-order valence-electron chi connectivity index (χ4n) is 1.41. The van der Waals surface area contributed by atoms with Crippen LogP contribution in [-0.2, 0) is 4.79 Å². The molecule has 0 spiro atoms. The summed E-state index contributed by atoms with van der Waals surface area (Å²) in [7, 11) is 0. The lowest BCUT2D eigenvalue weighted by Crippen LogP contribution is -2.41. The van der Waals surface area contributed by atoms with Gasteiger partial charge in [-0.2, -0.15) is 5.26 Å². The molecule has 0 radical (unpaired) electrons. The molecule has 102 valence electrons. The highest BCUT2D eigenvalue weighted by molar-refractivity contribution is 5.93. The fraction of sp³-hybridized carbons (Fsp3) is 0.429. The second-order valence-electron chi connectivity index (χ2n) is 5.39. The number of carbonyl (C=O) groups is 1. The molecule has 0 atom stereocenters. The highest BCUT2D eigenvalue weighted by Gasteiger charge is 2.13. The van der Waals surface area contributed by atoms with Gasteiger partial charge in [-0.3, -0.25) is 4.79 Å². The topological polar surface area (TPSA) is 64.9 Å². The van der Waals surface area contributed by atoms with E-state index in [-0.39, 0.29) is 23.6 Å². The molecule has 4 nitrogen and oxygen atoms in total. The Morgan fingerprint density at radius 3 is 2.58 bits per heavy atom. The van der Waals surface area contributed by atoms with Crippen LogP contribution < -0.4 is 10.6 Å². The Labute approximate surface area is 112 Å². The molecular weight excluding hydrogens is 245 g/mol. The van der Waals surface area contributed by atoms with E-state index in [4.69, 9.17) is 5.26 Å². The molecule has 0 aliphatic rings. The first-order valence-corrected chi connectivity index (χ1v) is 5.98. The Bertz CT molecular complexity index is 527. The van der Waals surface area contributed by atoms with Gasteiger partial charge in [0.25, 0.3) is 0 Å². The van der Waals surface area contributed by atoms with E-state index in [1.807, 2.05) is 26.8 Å². The minimum absolute atomic E-state index is 0.126. The Morgan fingerprint density at radius 2 is 2.05 bits per heavy atom. The molecule has 19 heavy (non-hydrogen) atoms. The van der Waals surface area contributed by atoms with Crippen LogP contribution in [0.25, 0.3) is 0 Å². The normalized spacial score (nSPS) is 10.9. The molecule has 5 heteroatoms. The lowest BCUT2D eigenvalue weighted by atomic mass is 10.1. The van der Waals surface area contributed by atoms with Crippen molar-refractivity contribution < 1.29 is 9.18 Å².